The topological polar surface area (TPSA) is 20.2 Å². The molecule has 1 aliphatic rings. The molecule has 0 spiro atoms. The predicted molar refractivity (Wildman–Crippen MR) is 67.7 cm³/mol. The first-order chi connectivity index (χ1) is 8.15. The normalized spacial score (nSPS) is 18.5. The zero-order valence-corrected chi connectivity index (χ0v) is 10.6. The number of aliphatic hydroxyl groups excluding tert-OH is 1. The molecule has 0 aliphatic heterocycles. The van der Waals surface area contributed by atoms with Gasteiger partial charge in [-0.1, -0.05) is 43.4 Å². The van der Waals surface area contributed by atoms with E-state index in [0.29, 0.717) is 12.3 Å². The number of hydrogen-bond donors (Lipinski definition) is 1. The number of halogens is 2. The van der Waals surface area contributed by atoms with Gasteiger partial charge in [0.2, 0.25) is 0 Å². The first-order valence-corrected chi connectivity index (χ1v) is 6.65. The fourth-order valence-corrected chi connectivity index (χ4v) is 2.77. The van der Waals surface area contributed by atoms with Gasteiger partial charge in [-0.15, -0.1) is 0 Å². The Labute approximate surface area is 107 Å². The lowest BCUT2D eigenvalue weighted by molar-refractivity contribution is 0.143. The van der Waals surface area contributed by atoms with Crippen LogP contribution in [0.4, 0.5) is 4.39 Å². The standard InChI is InChI=1S/C14H18ClFO/c15-13-6-5-11(9-14(13)16)8-12(17)7-10-3-1-2-4-10/h5-6,9-10,12,17H,1-4,7-8H2. The highest BCUT2D eigenvalue weighted by Gasteiger charge is 2.19. The zero-order chi connectivity index (χ0) is 12.3. The molecule has 1 nitrogen and oxygen atoms in total. The molecule has 0 saturated heterocycles. The first kappa shape index (κ1) is 12.8. The van der Waals surface area contributed by atoms with Crippen molar-refractivity contribution in [1.82, 2.24) is 0 Å². The maximum absolute atomic E-state index is 13.2. The summed E-state index contributed by atoms with van der Waals surface area (Å²) in [6.07, 6.45) is 6.02. The van der Waals surface area contributed by atoms with Gasteiger partial charge in [-0.25, -0.2) is 4.39 Å². The van der Waals surface area contributed by atoms with Crippen LogP contribution in [-0.2, 0) is 6.42 Å². The Morgan fingerprint density at radius 1 is 1.35 bits per heavy atom. The summed E-state index contributed by atoms with van der Waals surface area (Å²) in [5, 5.41) is 10.1. The second-order valence-corrected chi connectivity index (χ2v) is 5.40. The minimum absolute atomic E-state index is 0.138. The molecule has 1 unspecified atom stereocenters. The van der Waals surface area contributed by atoms with E-state index < -0.39 is 5.82 Å². The molecular formula is C14H18ClFO. The third kappa shape index (κ3) is 3.68. The van der Waals surface area contributed by atoms with Gasteiger partial charge in [-0.3, -0.25) is 0 Å². The molecule has 1 atom stereocenters. The van der Waals surface area contributed by atoms with Gasteiger partial charge in [-0.2, -0.15) is 0 Å². The summed E-state index contributed by atoms with van der Waals surface area (Å²) in [6.45, 7) is 0. The van der Waals surface area contributed by atoms with Crippen LogP contribution < -0.4 is 0 Å². The van der Waals surface area contributed by atoms with Crippen LogP contribution in [0, 0.1) is 11.7 Å². The summed E-state index contributed by atoms with van der Waals surface area (Å²) in [5.41, 5.74) is 0.817. The van der Waals surface area contributed by atoms with Crippen molar-refractivity contribution in [3.8, 4) is 0 Å². The molecule has 0 bridgehead atoms. The van der Waals surface area contributed by atoms with Gasteiger partial charge < -0.3 is 5.11 Å². The predicted octanol–water partition coefficient (Wildman–Crippen LogP) is 3.96. The van der Waals surface area contributed by atoms with Crippen LogP contribution in [0.3, 0.4) is 0 Å². The van der Waals surface area contributed by atoms with Crippen molar-refractivity contribution in [3.05, 3.63) is 34.6 Å². The van der Waals surface area contributed by atoms with Crippen molar-refractivity contribution in [2.45, 2.75) is 44.6 Å². The number of aliphatic hydroxyl groups is 1. The lowest BCUT2D eigenvalue weighted by Crippen LogP contribution is -2.14. The van der Waals surface area contributed by atoms with Crippen LogP contribution in [0.15, 0.2) is 18.2 Å². The third-order valence-corrected chi connectivity index (χ3v) is 3.84. The summed E-state index contributed by atoms with van der Waals surface area (Å²) in [7, 11) is 0. The van der Waals surface area contributed by atoms with Crippen molar-refractivity contribution in [2.75, 3.05) is 0 Å². The summed E-state index contributed by atoms with van der Waals surface area (Å²) in [5.74, 6) is 0.249. The summed E-state index contributed by atoms with van der Waals surface area (Å²) < 4.78 is 13.2. The molecule has 1 saturated carbocycles. The zero-order valence-electron chi connectivity index (χ0n) is 9.83. The van der Waals surface area contributed by atoms with E-state index in [1.165, 1.54) is 31.7 Å². The van der Waals surface area contributed by atoms with Crippen LogP contribution in [0.2, 0.25) is 5.02 Å². The molecule has 0 radical (unpaired) electrons. The summed E-state index contributed by atoms with van der Waals surface area (Å²) in [4.78, 5) is 0. The van der Waals surface area contributed by atoms with Crippen LogP contribution in [-0.4, -0.2) is 11.2 Å². The first-order valence-electron chi connectivity index (χ1n) is 6.27. The van der Waals surface area contributed by atoms with Crippen molar-refractivity contribution < 1.29 is 9.50 Å². The van der Waals surface area contributed by atoms with Crippen LogP contribution in [0.1, 0.15) is 37.7 Å². The number of benzene rings is 1. The highest BCUT2D eigenvalue weighted by atomic mass is 35.5. The van der Waals surface area contributed by atoms with Gasteiger partial charge >= 0.3 is 0 Å². The highest BCUT2D eigenvalue weighted by molar-refractivity contribution is 6.30. The van der Waals surface area contributed by atoms with Gasteiger partial charge in [0.05, 0.1) is 11.1 Å². The molecule has 3 heteroatoms. The smallest absolute Gasteiger partial charge is 0.142 e. The van der Waals surface area contributed by atoms with Gasteiger partial charge in [0.25, 0.3) is 0 Å². The molecular weight excluding hydrogens is 239 g/mol. The molecule has 1 aliphatic carbocycles. The molecule has 2 rings (SSSR count). The summed E-state index contributed by atoms with van der Waals surface area (Å²) in [6, 6.07) is 4.75. The molecule has 1 N–H and O–H groups in total. The van der Waals surface area contributed by atoms with Gasteiger partial charge in [0.1, 0.15) is 5.82 Å². The van der Waals surface area contributed by atoms with E-state index in [4.69, 9.17) is 11.6 Å². The molecule has 1 fully saturated rings. The Kier molecular flexibility index (Phi) is 4.41. The maximum Gasteiger partial charge on any atom is 0.142 e. The third-order valence-electron chi connectivity index (χ3n) is 3.54. The molecule has 94 valence electrons. The van der Waals surface area contributed by atoms with E-state index in [1.54, 1.807) is 12.1 Å². The average molecular weight is 257 g/mol. The second-order valence-electron chi connectivity index (χ2n) is 4.99. The minimum atomic E-state index is -0.405. The lowest BCUT2D eigenvalue weighted by Gasteiger charge is -2.15. The van der Waals surface area contributed by atoms with Crippen molar-refractivity contribution >= 4 is 11.6 Å². The lowest BCUT2D eigenvalue weighted by atomic mass is 9.96. The Morgan fingerprint density at radius 2 is 2.06 bits per heavy atom. The van der Waals surface area contributed by atoms with Gasteiger partial charge in [0.15, 0.2) is 0 Å². The Morgan fingerprint density at radius 3 is 2.71 bits per heavy atom. The van der Waals surface area contributed by atoms with E-state index in [9.17, 15) is 9.50 Å². The number of rotatable bonds is 4. The fourth-order valence-electron chi connectivity index (χ4n) is 2.65. The highest BCUT2D eigenvalue weighted by Crippen LogP contribution is 2.29. The minimum Gasteiger partial charge on any atom is -0.393 e. The fraction of sp³-hybridized carbons (Fsp3) is 0.571. The monoisotopic (exact) mass is 256 g/mol. The van der Waals surface area contributed by atoms with E-state index >= 15 is 0 Å². The molecule has 0 amide bonds. The van der Waals surface area contributed by atoms with Crippen LogP contribution in [0.5, 0.6) is 0 Å². The molecule has 0 aromatic heterocycles. The van der Waals surface area contributed by atoms with Crippen LogP contribution >= 0.6 is 11.6 Å². The second kappa shape index (κ2) is 5.83. The summed E-state index contributed by atoms with van der Waals surface area (Å²) >= 11 is 5.62. The van der Waals surface area contributed by atoms with Crippen molar-refractivity contribution in [3.63, 3.8) is 0 Å². The van der Waals surface area contributed by atoms with Crippen LogP contribution in [0.25, 0.3) is 0 Å². The van der Waals surface area contributed by atoms with E-state index in [2.05, 4.69) is 0 Å². The maximum atomic E-state index is 13.2. The molecule has 1 aromatic rings. The van der Waals surface area contributed by atoms with Crippen molar-refractivity contribution in [1.29, 1.82) is 0 Å². The van der Waals surface area contributed by atoms with Gasteiger partial charge in [-0.05, 0) is 36.5 Å². The molecule has 1 aromatic carbocycles. The van der Waals surface area contributed by atoms with E-state index in [0.717, 1.165) is 12.0 Å². The molecule has 0 heterocycles. The van der Waals surface area contributed by atoms with Crippen molar-refractivity contribution in [2.24, 2.45) is 5.92 Å². The largest absolute Gasteiger partial charge is 0.393 e. The quantitative estimate of drug-likeness (QED) is 0.865. The van der Waals surface area contributed by atoms with E-state index in [-0.39, 0.29) is 11.1 Å². The Balaban J connectivity index is 1.88. The molecule has 17 heavy (non-hydrogen) atoms. The SMILES string of the molecule is OC(Cc1ccc(Cl)c(F)c1)CC1CCCC1. The Bertz CT molecular complexity index is 374. The van der Waals surface area contributed by atoms with E-state index in [1.807, 2.05) is 0 Å². The Hall–Kier alpha value is -0.600. The van der Waals surface area contributed by atoms with Gasteiger partial charge in [0, 0.05) is 0 Å². The number of hydrogen-bond acceptors (Lipinski definition) is 1. The average Bonchev–Trinajstić information content (AvgIpc) is 2.76.